The summed E-state index contributed by atoms with van der Waals surface area (Å²) in [4.78, 5) is 0.141. The SMILES string of the molecule is CC(C)NS(=O)(=O)Nc1ccc(S(C)(=O)=O)cc1. The van der Waals surface area contributed by atoms with E-state index in [9.17, 15) is 16.8 Å². The van der Waals surface area contributed by atoms with Gasteiger partial charge in [0.05, 0.1) is 4.90 Å². The van der Waals surface area contributed by atoms with Crippen LogP contribution in [0.25, 0.3) is 0 Å². The van der Waals surface area contributed by atoms with Crippen LogP contribution in [0.4, 0.5) is 5.69 Å². The van der Waals surface area contributed by atoms with Gasteiger partial charge >= 0.3 is 0 Å². The molecular weight excluding hydrogens is 276 g/mol. The summed E-state index contributed by atoms with van der Waals surface area (Å²) in [5.74, 6) is 0. The highest BCUT2D eigenvalue weighted by molar-refractivity contribution is 7.91. The Kier molecular flexibility index (Phi) is 4.36. The molecular formula is C10H16N2O4S2. The third-order valence-corrected chi connectivity index (χ3v) is 4.34. The van der Waals surface area contributed by atoms with Gasteiger partial charge in [-0.3, -0.25) is 4.72 Å². The Hall–Kier alpha value is -1.12. The van der Waals surface area contributed by atoms with Gasteiger partial charge in [-0.2, -0.15) is 13.1 Å². The highest BCUT2D eigenvalue weighted by Gasteiger charge is 2.12. The summed E-state index contributed by atoms with van der Waals surface area (Å²) >= 11 is 0. The molecule has 6 nitrogen and oxygen atoms in total. The molecule has 1 aromatic rings. The molecule has 0 aliphatic heterocycles. The summed E-state index contributed by atoms with van der Waals surface area (Å²) in [7, 11) is -6.91. The van der Waals surface area contributed by atoms with Gasteiger partial charge in [0, 0.05) is 18.0 Å². The number of anilines is 1. The molecule has 0 saturated carbocycles. The molecule has 102 valence electrons. The van der Waals surface area contributed by atoms with E-state index in [1.807, 2.05) is 0 Å². The predicted octanol–water partition coefficient (Wildman–Crippen LogP) is 0.745. The summed E-state index contributed by atoms with van der Waals surface area (Å²) in [6, 6.07) is 5.27. The van der Waals surface area contributed by atoms with Crippen molar-refractivity contribution in [3.05, 3.63) is 24.3 Å². The van der Waals surface area contributed by atoms with Crippen molar-refractivity contribution >= 4 is 25.7 Å². The molecule has 0 aliphatic carbocycles. The lowest BCUT2D eigenvalue weighted by Crippen LogP contribution is -2.35. The molecule has 0 spiro atoms. The normalized spacial score (nSPS) is 12.7. The number of hydrogen-bond donors (Lipinski definition) is 2. The molecule has 18 heavy (non-hydrogen) atoms. The van der Waals surface area contributed by atoms with E-state index in [2.05, 4.69) is 9.44 Å². The zero-order valence-corrected chi connectivity index (χ0v) is 12.0. The van der Waals surface area contributed by atoms with E-state index in [1.54, 1.807) is 13.8 Å². The molecule has 0 unspecified atom stereocenters. The molecule has 0 radical (unpaired) electrons. The quantitative estimate of drug-likeness (QED) is 0.837. The lowest BCUT2D eigenvalue weighted by molar-refractivity contribution is 0.575. The minimum absolute atomic E-state index is 0.141. The van der Waals surface area contributed by atoms with E-state index in [0.29, 0.717) is 5.69 Å². The Balaban J connectivity index is 2.88. The van der Waals surface area contributed by atoms with Crippen LogP contribution < -0.4 is 9.44 Å². The number of sulfone groups is 1. The fraction of sp³-hybridized carbons (Fsp3) is 0.400. The van der Waals surface area contributed by atoms with Crippen molar-refractivity contribution in [3.8, 4) is 0 Å². The fourth-order valence-corrected chi connectivity index (χ4v) is 3.02. The van der Waals surface area contributed by atoms with Crippen LogP contribution in [0.5, 0.6) is 0 Å². The minimum atomic E-state index is -3.63. The van der Waals surface area contributed by atoms with Gasteiger partial charge in [-0.05, 0) is 38.1 Å². The number of hydrogen-bond acceptors (Lipinski definition) is 4. The molecule has 0 saturated heterocycles. The van der Waals surface area contributed by atoms with Gasteiger partial charge in [-0.1, -0.05) is 0 Å². The Morgan fingerprint density at radius 2 is 1.50 bits per heavy atom. The molecule has 0 aromatic heterocycles. The Morgan fingerprint density at radius 1 is 1.00 bits per heavy atom. The van der Waals surface area contributed by atoms with Crippen molar-refractivity contribution in [3.63, 3.8) is 0 Å². The van der Waals surface area contributed by atoms with Crippen LogP contribution in [-0.4, -0.2) is 29.1 Å². The van der Waals surface area contributed by atoms with Crippen LogP contribution >= 0.6 is 0 Å². The number of rotatable bonds is 5. The van der Waals surface area contributed by atoms with Gasteiger partial charge in [0.25, 0.3) is 10.2 Å². The average molecular weight is 292 g/mol. The largest absolute Gasteiger partial charge is 0.299 e. The Labute approximate surface area is 108 Å². The van der Waals surface area contributed by atoms with Crippen LogP contribution in [0.2, 0.25) is 0 Å². The van der Waals surface area contributed by atoms with E-state index in [4.69, 9.17) is 0 Å². The van der Waals surface area contributed by atoms with E-state index in [0.717, 1.165) is 6.26 Å². The highest BCUT2D eigenvalue weighted by Crippen LogP contribution is 2.14. The van der Waals surface area contributed by atoms with Gasteiger partial charge in [0.1, 0.15) is 0 Å². The molecule has 0 amide bonds. The van der Waals surface area contributed by atoms with Crippen LogP contribution in [0.3, 0.4) is 0 Å². The average Bonchev–Trinajstić information content (AvgIpc) is 2.13. The zero-order chi connectivity index (χ0) is 14.0. The van der Waals surface area contributed by atoms with Gasteiger partial charge in [-0.25, -0.2) is 8.42 Å². The van der Waals surface area contributed by atoms with Crippen molar-refractivity contribution in [1.29, 1.82) is 0 Å². The summed E-state index contributed by atoms with van der Waals surface area (Å²) < 4.78 is 50.2. The summed E-state index contributed by atoms with van der Waals surface area (Å²) in [5, 5.41) is 0. The topological polar surface area (TPSA) is 92.3 Å². The van der Waals surface area contributed by atoms with E-state index in [-0.39, 0.29) is 10.9 Å². The second-order valence-corrected chi connectivity index (χ2v) is 7.64. The van der Waals surface area contributed by atoms with Crippen LogP contribution in [-0.2, 0) is 20.0 Å². The number of nitrogens with one attached hydrogen (secondary N) is 2. The molecule has 0 fully saturated rings. The van der Waals surface area contributed by atoms with Gasteiger partial charge in [-0.15, -0.1) is 0 Å². The minimum Gasteiger partial charge on any atom is -0.271 e. The first-order valence-corrected chi connectivity index (χ1v) is 8.58. The van der Waals surface area contributed by atoms with E-state index < -0.39 is 20.0 Å². The summed E-state index contributed by atoms with van der Waals surface area (Å²) in [5.41, 5.74) is 0.301. The lowest BCUT2D eigenvalue weighted by atomic mass is 10.3. The third-order valence-electron chi connectivity index (χ3n) is 1.93. The van der Waals surface area contributed by atoms with Crippen molar-refractivity contribution in [2.75, 3.05) is 11.0 Å². The highest BCUT2D eigenvalue weighted by atomic mass is 32.2. The second-order valence-electron chi connectivity index (χ2n) is 4.17. The molecule has 0 bridgehead atoms. The molecule has 2 N–H and O–H groups in total. The first-order valence-electron chi connectivity index (χ1n) is 5.20. The maximum absolute atomic E-state index is 11.6. The lowest BCUT2D eigenvalue weighted by Gasteiger charge is -2.11. The fourth-order valence-electron chi connectivity index (χ4n) is 1.27. The number of benzene rings is 1. The van der Waals surface area contributed by atoms with Crippen LogP contribution in [0.15, 0.2) is 29.2 Å². The van der Waals surface area contributed by atoms with Crippen molar-refractivity contribution in [1.82, 2.24) is 4.72 Å². The summed E-state index contributed by atoms with van der Waals surface area (Å²) in [6.45, 7) is 3.40. The Morgan fingerprint density at radius 3 is 1.89 bits per heavy atom. The van der Waals surface area contributed by atoms with Gasteiger partial charge < -0.3 is 0 Å². The molecule has 1 rings (SSSR count). The molecule has 0 heterocycles. The Bertz CT molecular complexity index is 604. The van der Waals surface area contributed by atoms with Gasteiger partial charge in [0.2, 0.25) is 0 Å². The molecule has 1 aromatic carbocycles. The predicted molar refractivity (Wildman–Crippen MR) is 70.4 cm³/mol. The zero-order valence-electron chi connectivity index (χ0n) is 10.3. The third kappa shape index (κ3) is 4.63. The van der Waals surface area contributed by atoms with Crippen molar-refractivity contribution in [2.24, 2.45) is 0 Å². The monoisotopic (exact) mass is 292 g/mol. The second kappa shape index (κ2) is 5.25. The van der Waals surface area contributed by atoms with E-state index >= 15 is 0 Å². The molecule has 0 aliphatic rings. The van der Waals surface area contributed by atoms with Crippen LogP contribution in [0, 0.1) is 0 Å². The first-order chi connectivity index (χ1) is 8.10. The van der Waals surface area contributed by atoms with Crippen molar-refractivity contribution < 1.29 is 16.8 Å². The maximum atomic E-state index is 11.6. The van der Waals surface area contributed by atoms with Gasteiger partial charge in [0.15, 0.2) is 9.84 Å². The first kappa shape index (κ1) is 14.9. The molecule has 0 atom stereocenters. The van der Waals surface area contributed by atoms with Crippen LogP contribution in [0.1, 0.15) is 13.8 Å². The molecule has 8 heteroatoms. The van der Waals surface area contributed by atoms with Crippen molar-refractivity contribution in [2.45, 2.75) is 24.8 Å². The summed E-state index contributed by atoms with van der Waals surface area (Å²) in [6.07, 6.45) is 1.09. The smallest absolute Gasteiger partial charge is 0.271 e. The standard InChI is InChI=1S/C10H16N2O4S2/c1-8(2)11-18(15,16)12-9-4-6-10(7-5-9)17(3,13)14/h4-8,11-12H,1-3H3. The van der Waals surface area contributed by atoms with E-state index in [1.165, 1.54) is 24.3 Å². The maximum Gasteiger partial charge on any atom is 0.299 e.